The molecule has 4 nitrogen and oxygen atoms in total. The number of methoxy groups -OCH3 is 1. The zero-order chi connectivity index (χ0) is 15.4. The van der Waals surface area contributed by atoms with Gasteiger partial charge in [0.05, 0.1) is 14.2 Å². The number of rotatable bonds is 7. The van der Waals surface area contributed by atoms with Crippen LogP contribution in [0.5, 0.6) is 5.75 Å². The van der Waals surface area contributed by atoms with Crippen molar-refractivity contribution < 1.29 is 14.4 Å². The van der Waals surface area contributed by atoms with Crippen LogP contribution < -0.4 is 15.0 Å². The second-order valence-corrected chi connectivity index (χ2v) is 6.40. The zero-order valence-corrected chi connectivity index (χ0v) is 13.7. The van der Waals surface area contributed by atoms with Gasteiger partial charge in [0, 0.05) is 16.6 Å². The predicted octanol–water partition coefficient (Wildman–Crippen LogP) is 1.28. The molecule has 0 heterocycles. The molecule has 21 heavy (non-hydrogen) atoms. The van der Waals surface area contributed by atoms with E-state index in [1.165, 1.54) is 12.8 Å². The van der Waals surface area contributed by atoms with Gasteiger partial charge in [0.15, 0.2) is 6.54 Å². The molecule has 1 aromatic carbocycles. The highest BCUT2D eigenvalue weighted by atomic mass is 35.5. The van der Waals surface area contributed by atoms with E-state index < -0.39 is 0 Å². The second kappa shape index (κ2) is 7.14. The number of quaternary nitrogens is 1. The van der Waals surface area contributed by atoms with Crippen molar-refractivity contribution in [3.8, 4) is 5.75 Å². The van der Waals surface area contributed by atoms with E-state index >= 15 is 0 Å². The van der Waals surface area contributed by atoms with Crippen LogP contribution in [0.4, 0.5) is 0 Å². The highest BCUT2D eigenvalue weighted by Crippen LogP contribution is 2.32. The Morgan fingerprint density at radius 2 is 2.24 bits per heavy atom. The van der Waals surface area contributed by atoms with Crippen LogP contribution in [0.2, 0.25) is 5.02 Å². The maximum Gasteiger partial charge on any atom is 0.275 e. The van der Waals surface area contributed by atoms with Crippen molar-refractivity contribution in [1.82, 2.24) is 5.32 Å². The molecule has 2 atom stereocenters. The second-order valence-electron chi connectivity index (χ2n) is 5.96. The Balaban J connectivity index is 1.87. The van der Waals surface area contributed by atoms with E-state index in [4.69, 9.17) is 16.3 Å². The number of ether oxygens (including phenoxy) is 1. The number of halogens is 1. The van der Waals surface area contributed by atoms with Gasteiger partial charge in [-0.2, -0.15) is 0 Å². The number of hydrogen-bond acceptors (Lipinski definition) is 2. The van der Waals surface area contributed by atoms with Gasteiger partial charge in [-0.05, 0) is 43.9 Å². The first kappa shape index (κ1) is 16.1. The molecule has 0 saturated heterocycles. The van der Waals surface area contributed by atoms with Crippen LogP contribution in [-0.4, -0.2) is 32.7 Å². The summed E-state index contributed by atoms with van der Waals surface area (Å²) in [5.41, 5.74) is 1.02. The average Bonchev–Trinajstić information content (AvgIpc) is 3.22. The summed E-state index contributed by atoms with van der Waals surface area (Å²) in [7, 11) is 3.65. The molecule has 0 aliphatic heterocycles. The summed E-state index contributed by atoms with van der Waals surface area (Å²) in [6.07, 6.45) is 2.48. The molecule has 1 aromatic rings. The number of carbonyl (C=O) groups excluding carboxylic acids is 1. The van der Waals surface area contributed by atoms with Crippen LogP contribution in [0.25, 0.3) is 0 Å². The zero-order valence-electron chi connectivity index (χ0n) is 12.9. The average molecular weight is 312 g/mol. The molecule has 1 fully saturated rings. The summed E-state index contributed by atoms with van der Waals surface area (Å²) in [5, 5.41) is 3.77. The van der Waals surface area contributed by atoms with Gasteiger partial charge in [0.1, 0.15) is 12.3 Å². The molecule has 1 unspecified atom stereocenters. The minimum absolute atomic E-state index is 0.105. The third-order valence-corrected chi connectivity index (χ3v) is 4.15. The summed E-state index contributed by atoms with van der Waals surface area (Å²) in [4.78, 5) is 13.1. The molecule has 0 radical (unpaired) electrons. The lowest BCUT2D eigenvalue weighted by Crippen LogP contribution is -3.09. The Hall–Kier alpha value is -1.26. The minimum Gasteiger partial charge on any atom is -0.496 e. The Morgan fingerprint density at radius 1 is 1.52 bits per heavy atom. The normalized spacial score (nSPS) is 17.1. The highest BCUT2D eigenvalue weighted by molar-refractivity contribution is 6.30. The van der Waals surface area contributed by atoms with Gasteiger partial charge < -0.3 is 15.0 Å². The van der Waals surface area contributed by atoms with E-state index in [0.717, 1.165) is 16.2 Å². The van der Waals surface area contributed by atoms with E-state index in [-0.39, 0.29) is 5.91 Å². The lowest BCUT2D eigenvalue weighted by molar-refractivity contribution is -0.885. The van der Waals surface area contributed by atoms with E-state index in [1.54, 1.807) is 7.11 Å². The number of carbonyl (C=O) groups is 1. The molecule has 0 spiro atoms. The Kier molecular flexibility index (Phi) is 5.48. The summed E-state index contributed by atoms with van der Waals surface area (Å²) in [6, 6.07) is 5.86. The van der Waals surface area contributed by atoms with Gasteiger partial charge in [-0.3, -0.25) is 4.79 Å². The van der Waals surface area contributed by atoms with Gasteiger partial charge in [-0.1, -0.05) is 11.6 Å². The van der Waals surface area contributed by atoms with E-state index in [2.05, 4.69) is 12.2 Å². The number of amides is 1. The molecule has 2 N–H and O–H groups in total. The van der Waals surface area contributed by atoms with Gasteiger partial charge in [0.25, 0.3) is 5.91 Å². The summed E-state index contributed by atoms with van der Waals surface area (Å²) < 4.78 is 5.34. The molecule has 0 aromatic heterocycles. The van der Waals surface area contributed by atoms with Crippen molar-refractivity contribution in [3.63, 3.8) is 0 Å². The fraction of sp³-hybridized carbons (Fsp3) is 0.562. The van der Waals surface area contributed by atoms with Crippen LogP contribution in [0, 0.1) is 5.92 Å². The smallest absolute Gasteiger partial charge is 0.275 e. The molecule has 5 heteroatoms. The Bertz CT molecular complexity index is 503. The topological polar surface area (TPSA) is 42.8 Å². The number of benzene rings is 1. The number of hydrogen-bond donors (Lipinski definition) is 2. The number of nitrogens with one attached hydrogen (secondary N) is 2. The minimum atomic E-state index is 0.105. The van der Waals surface area contributed by atoms with Crippen LogP contribution in [0.15, 0.2) is 18.2 Å². The molecular weight excluding hydrogens is 288 g/mol. The number of likely N-dealkylation sites (N-methyl/N-ethyl adjacent to an activating group) is 1. The molecule has 1 aliphatic carbocycles. The van der Waals surface area contributed by atoms with Gasteiger partial charge >= 0.3 is 0 Å². The van der Waals surface area contributed by atoms with Crippen molar-refractivity contribution in [2.45, 2.75) is 32.4 Å². The standard InChI is InChI=1S/C16H23ClN2O2/c1-11(12-4-5-12)18-16(20)10-19(2)9-13-8-14(17)6-7-15(13)21-3/h6-8,11-12H,4-5,9-10H2,1-3H3,(H,18,20)/p+1/t11-/m1/s1. The van der Waals surface area contributed by atoms with Gasteiger partial charge in [-0.25, -0.2) is 0 Å². The first-order chi connectivity index (χ1) is 9.99. The summed E-state index contributed by atoms with van der Waals surface area (Å²) >= 11 is 6.03. The van der Waals surface area contributed by atoms with Crippen molar-refractivity contribution in [2.24, 2.45) is 5.92 Å². The molecule has 116 valence electrons. The quantitative estimate of drug-likeness (QED) is 0.796. The van der Waals surface area contributed by atoms with E-state index in [0.29, 0.717) is 30.1 Å². The molecular formula is C16H24ClN2O2+. The SMILES string of the molecule is COc1ccc(Cl)cc1C[NH+](C)CC(=O)N[C@H](C)C1CC1. The molecule has 1 amide bonds. The predicted molar refractivity (Wildman–Crippen MR) is 83.8 cm³/mol. The van der Waals surface area contributed by atoms with Crippen molar-refractivity contribution in [1.29, 1.82) is 0 Å². The van der Waals surface area contributed by atoms with Crippen molar-refractivity contribution >= 4 is 17.5 Å². The van der Waals surface area contributed by atoms with Gasteiger partial charge in [0.2, 0.25) is 0 Å². The molecule has 2 rings (SSSR count). The van der Waals surface area contributed by atoms with Crippen molar-refractivity contribution in [2.75, 3.05) is 20.7 Å². The lowest BCUT2D eigenvalue weighted by Gasteiger charge is -2.18. The highest BCUT2D eigenvalue weighted by Gasteiger charge is 2.29. The molecule has 1 aliphatic rings. The summed E-state index contributed by atoms with van der Waals surface area (Å²) in [6.45, 7) is 3.24. The maximum atomic E-state index is 12.0. The van der Waals surface area contributed by atoms with Gasteiger partial charge in [-0.15, -0.1) is 0 Å². The Labute approximate surface area is 131 Å². The third kappa shape index (κ3) is 4.90. The van der Waals surface area contributed by atoms with E-state index in [1.807, 2.05) is 25.2 Å². The van der Waals surface area contributed by atoms with Crippen molar-refractivity contribution in [3.05, 3.63) is 28.8 Å². The monoisotopic (exact) mass is 311 g/mol. The van der Waals surface area contributed by atoms with Crippen LogP contribution >= 0.6 is 11.6 Å². The fourth-order valence-corrected chi connectivity index (χ4v) is 2.76. The Morgan fingerprint density at radius 3 is 2.86 bits per heavy atom. The summed E-state index contributed by atoms with van der Waals surface area (Å²) in [5.74, 6) is 1.60. The van der Waals surface area contributed by atoms with Crippen LogP contribution in [0.1, 0.15) is 25.3 Å². The molecule has 1 saturated carbocycles. The largest absolute Gasteiger partial charge is 0.496 e. The van der Waals surface area contributed by atoms with Crippen LogP contribution in [0.3, 0.4) is 0 Å². The third-order valence-electron chi connectivity index (χ3n) is 3.91. The molecule has 0 bridgehead atoms. The van der Waals surface area contributed by atoms with Crippen LogP contribution in [-0.2, 0) is 11.3 Å². The first-order valence-electron chi connectivity index (χ1n) is 7.42. The maximum absolute atomic E-state index is 12.0. The van der Waals surface area contributed by atoms with E-state index in [9.17, 15) is 4.79 Å². The lowest BCUT2D eigenvalue weighted by atomic mass is 10.2. The first-order valence-corrected chi connectivity index (χ1v) is 7.80. The fourth-order valence-electron chi connectivity index (χ4n) is 2.57.